The number of halogens is 1. The molecule has 1 heterocycles. The van der Waals surface area contributed by atoms with E-state index >= 15 is 0 Å². The van der Waals surface area contributed by atoms with Crippen LogP contribution in [0.15, 0.2) is 18.2 Å². The van der Waals surface area contributed by atoms with Crippen LogP contribution in [-0.2, 0) is 14.3 Å². The second-order valence-corrected chi connectivity index (χ2v) is 6.22. The van der Waals surface area contributed by atoms with Crippen molar-refractivity contribution in [2.24, 2.45) is 0 Å². The van der Waals surface area contributed by atoms with Gasteiger partial charge in [0.25, 0.3) is 5.91 Å². The number of esters is 1. The zero-order chi connectivity index (χ0) is 17.9. The lowest BCUT2D eigenvalue weighted by molar-refractivity contribution is -0.137. The number of likely N-dealkylation sites (N-methyl/N-ethyl adjacent to an activating group) is 2. The Labute approximate surface area is 142 Å². The number of fused-ring (bicyclic) bond motifs is 1. The minimum Gasteiger partial charge on any atom is -0.451 e. The molecule has 0 radical (unpaired) electrons. The van der Waals surface area contributed by atoms with E-state index in [4.69, 9.17) is 4.74 Å². The molecule has 2 amide bonds. The van der Waals surface area contributed by atoms with Gasteiger partial charge in [-0.3, -0.25) is 9.59 Å². The van der Waals surface area contributed by atoms with Crippen LogP contribution in [0.25, 0.3) is 10.1 Å². The van der Waals surface area contributed by atoms with Gasteiger partial charge >= 0.3 is 5.97 Å². The maximum Gasteiger partial charge on any atom is 0.349 e. The molecule has 0 aliphatic carbocycles. The summed E-state index contributed by atoms with van der Waals surface area (Å²) in [6, 6.07) is 4.61. The van der Waals surface area contributed by atoms with Crippen molar-refractivity contribution in [2.75, 3.05) is 27.2 Å². The van der Waals surface area contributed by atoms with Crippen LogP contribution >= 0.6 is 11.3 Å². The topological polar surface area (TPSA) is 75.7 Å². The number of nitrogens with one attached hydrogen (secondary N) is 1. The number of amides is 2. The van der Waals surface area contributed by atoms with Gasteiger partial charge in [0.05, 0.1) is 6.54 Å². The smallest absolute Gasteiger partial charge is 0.349 e. The van der Waals surface area contributed by atoms with E-state index in [0.29, 0.717) is 15.6 Å². The van der Waals surface area contributed by atoms with E-state index in [1.54, 1.807) is 19.1 Å². The summed E-state index contributed by atoms with van der Waals surface area (Å²) in [4.78, 5) is 36.7. The minimum atomic E-state index is -0.685. The molecule has 0 aliphatic rings. The molecule has 2 aromatic rings. The first-order valence-corrected chi connectivity index (χ1v) is 7.96. The molecule has 0 saturated carbocycles. The summed E-state index contributed by atoms with van der Waals surface area (Å²) in [6.07, 6.45) is 0. The Hall–Kier alpha value is -2.48. The zero-order valence-corrected chi connectivity index (χ0v) is 14.3. The number of ether oxygens (including phenoxy) is 1. The van der Waals surface area contributed by atoms with Gasteiger partial charge < -0.3 is 15.0 Å². The normalized spacial score (nSPS) is 10.5. The van der Waals surface area contributed by atoms with E-state index < -0.39 is 24.3 Å². The van der Waals surface area contributed by atoms with Crippen molar-refractivity contribution in [2.45, 2.75) is 6.92 Å². The predicted octanol–water partition coefficient (Wildman–Crippen LogP) is 1.71. The molecule has 1 aromatic carbocycles. The molecule has 0 unspecified atom stereocenters. The summed E-state index contributed by atoms with van der Waals surface area (Å²) < 4.78 is 19.5. The third kappa shape index (κ3) is 3.70. The first-order valence-electron chi connectivity index (χ1n) is 7.14. The Morgan fingerprint density at radius 1 is 1.33 bits per heavy atom. The molecule has 0 fully saturated rings. The average Bonchev–Trinajstić information content (AvgIpc) is 2.90. The highest BCUT2D eigenvalue weighted by Gasteiger charge is 2.21. The van der Waals surface area contributed by atoms with E-state index in [0.717, 1.165) is 16.2 Å². The maximum absolute atomic E-state index is 13.9. The van der Waals surface area contributed by atoms with Crippen LogP contribution in [0.2, 0.25) is 0 Å². The average molecular weight is 352 g/mol. The van der Waals surface area contributed by atoms with Gasteiger partial charge in [0.2, 0.25) is 5.91 Å². The van der Waals surface area contributed by atoms with Gasteiger partial charge in [-0.25, -0.2) is 9.18 Å². The summed E-state index contributed by atoms with van der Waals surface area (Å²) in [6.45, 7) is 1.03. The summed E-state index contributed by atoms with van der Waals surface area (Å²) in [5, 5.41) is 2.78. The van der Waals surface area contributed by atoms with Crippen molar-refractivity contribution in [3.63, 3.8) is 0 Å². The molecule has 128 valence electrons. The van der Waals surface area contributed by atoms with Crippen LogP contribution in [0, 0.1) is 12.7 Å². The molecule has 0 bridgehead atoms. The van der Waals surface area contributed by atoms with E-state index in [-0.39, 0.29) is 17.3 Å². The number of carbonyl (C=O) groups excluding carboxylic acids is 3. The van der Waals surface area contributed by atoms with Gasteiger partial charge in [-0.05, 0) is 24.6 Å². The number of benzene rings is 1. The number of hydrogen-bond acceptors (Lipinski definition) is 5. The Morgan fingerprint density at radius 3 is 2.67 bits per heavy atom. The lowest BCUT2D eigenvalue weighted by atomic mass is 10.1. The molecule has 6 nitrogen and oxygen atoms in total. The van der Waals surface area contributed by atoms with Gasteiger partial charge in [-0.2, -0.15) is 0 Å². The lowest BCUT2D eigenvalue weighted by Crippen LogP contribution is -2.39. The molecule has 8 heteroatoms. The largest absolute Gasteiger partial charge is 0.451 e. The fraction of sp³-hybridized carbons (Fsp3) is 0.312. The molecular formula is C16H17FN2O4S. The Kier molecular flexibility index (Phi) is 5.50. The Bertz CT molecular complexity index is 803. The highest BCUT2D eigenvalue weighted by Crippen LogP contribution is 2.32. The molecule has 2 rings (SSSR count). The molecule has 24 heavy (non-hydrogen) atoms. The highest BCUT2D eigenvalue weighted by molar-refractivity contribution is 7.21. The van der Waals surface area contributed by atoms with Crippen LogP contribution < -0.4 is 5.32 Å². The van der Waals surface area contributed by atoms with Crippen molar-refractivity contribution in [1.82, 2.24) is 10.2 Å². The molecule has 1 aromatic heterocycles. The van der Waals surface area contributed by atoms with Crippen LogP contribution in [0.1, 0.15) is 15.2 Å². The number of carbonyl (C=O) groups is 3. The molecule has 0 aliphatic heterocycles. The van der Waals surface area contributed by atoms with Gasteiger partial charge in [0.1, 0.15) is 10.7 Å². The van der Waals surface area contributed by atoms with E-state index in [9.17, 15) is 18.8 Å². The summed E-state index contributed by atoms with van der Waals surface area (Å²) in [5.41, 5.74) is 0.490. The van der Waals surface area contributed by atoms with Gasteiger partial charge in [-0.1, -0.05) is 6.07 Å². The third-order valence-corrected chi connectivity index (χ3v) is 4.74. The second kappa shape index (κ2) is 7.39. The number of thiophene rings is 1. The van der Waals surface area contributed by atoms with Gasteiger partial charge in [0, 0.05) is 24.2 Å². The second-order valence-electron chi connectivity index (χ2n) is 5.17. The van der Waals surface area contributed by atoms with Crippen molar-refractivity contribution in [3.8, 4) is 0 Å². The van der Waals surface area contributed by atoms with Crippen LogP contribution in [0.4, 0.5) is 4.39 Å². The van der Waals surface area contributed by atoms with Crippen molar-refractivity contribution in [3.05, 3.63) is 34.5 Å². The molecule has 0 atom stereocenters. The Balaban J connectivity index is 2.05. The fourth-order valence-corrected chi connectivity index (χ4v) is 3.25. The summed E-state index contributed by atoms with van der Waals surface area (Å²) in [7, 11) is 2.90. The van der Waals surface area contributed by atoms with E-state index in [1.807, 2.05) is 0 Å². The predicted molar refractivity (Wildman–Crippen MR) is 88.5 cm³/mol. The van der Waals surface area contributed by atoms with Gasteiger partial charge in [-0.15, -0.1) is 11.3 Å². The van der Waals surface area contributed by atoms with E-state index in [1.165, 1.54) is 20.2 Å². The molecule has 1 N–H and O–H groups in total. The SMILES string of the molecule is CNC(=O)CN(C)C(=O)COC(=O)c1sc2cccc(F)c2c1C. The highest BCUT2D eigenvalue weighted by atomic mass is 32.1. The maximum atomic E-state index is 13.9. The summed E-state index contributed by atoms with van der Waals surface area (Å²) >= 11 is 1.12. The van der Waals surface area contributed by atoms with Crippen molar-refractivity contribution < 1.29 is 23.5 Å². The third-order valence-electron chi connectivity index (χ3n) is 3.50. The molecule has 0 spiro atoms. The lowest BCUT2D eigenvalue weighted by Gasteiger charge is -2.15. The monoisotopic (exact) mass is 352 g/mol. The molecule has 0 saturated heterocycles. The van der Waals surface area contributed by atoms with Gasteiger partial charge in [0.15, 0.2) is 6.61 Å². The van der Waals surface area contributed by atoms with Crippen LogP contribution in [-0.4, -0.2) is 49.9 Å². The van der Waals surface area contributed by atoms with Crippen molar-refractivity contribution >= 4 is 39.2 Å². The Morgan fingerprint density at radius 2 is 2.04 bits per heavy atom. The zero-order valence-electron chi connectivity index (χ0n) is 13.5. The number of aryl methyl sites for hydroxylation is 1. The first kappa shape index (κ1) is 17.9. The van der Waals surface area contributed by atoms with E-state index in [2.05, 4.69) is 5.32 Å². The summed E-state index contributed by atoms with van der Waals surface area (Å²) in [5.74, 6) is -1.92. The standard InChI is InChI=1S/C16H17FN2O4S/c1-9-14-10(17)5-4-6-11(14)24-15(9)16(22)23-8-13(21)19(3)7-12(20)18-2/h4-6H,7-8H2,1-3H3,(H,18,20). The minimum absolute atomic E-state index is 0.125. The number of hydrogen-bond donors (Lipinski definition) is 1. The fourth-order valence-electron chi connectivity index (χ4n) is 2.13. The number of rotatable bonds is 5. The molecular weight excluding hydrogens is 335 g/mol. The quantitative estimate of drug-likeness (QED) is 0.831. The number of nitrogens with zero attached hydrogens (tertiary/aromatic N) is 1. The first-order chi connectivity index (χ1) is 11.3. The van der Waals surface area contributed by atoms with Crippen molar-refractivity contribution in [1.29, 1.82) is 0 Å². The van der Waals surface area contributed by atoms with Crippen LogP contribution in [0.5, 0.6) is 0 Å². The van der Waals surface area contributed by atoms with Crippen LogP contribution in [0.3, 0.4) is 0 Å².